The molecule has 0 aromatic carbocycles. The maximum atomic E-state index is 4.40. The van der Waals surface area contributed by atoms with Gasteiger partial charge in [0.2, 0.25) is 0 Å². The molecular formula is C16H27N3. The molecule has 0 saturated carbocycles. The Hall–Kier alpha value is -1.25. The predicted molar refractivity (Wildman–Crippen MR) is 82.8 cm³/mol. The van der Waals surface area contributed by atoms with E-state index < -0.39 is 0 Å². The zero-order valence-electron chi connectivity index (χ0n) is 12.7. The first-order valence-corrected chi connectivity index (χ1v) is 7.58. The number of nitrogens with one attached hydrogen (secondary N) is 1. The monoisotopic (exact) mass is 261 g/mol. The van der Waals surface area contributed by atoms with Crippen molar-refractivity contribution < 1.29 is 0 Å². The zero-order chi connectivity index (χ0) is 13.8. The summed E-state index contributed by atoms with van der Waals surface area (Å²) in [6.45, 7) is 11.4. The predicted octanol–water partition coefficient (Wildman–Crippen LogP) is 3.77. The molecule has 2 heterocycles. The molecule has 1 saturated heterocycles. The Morgan fingerprint density at radius 2 is 2.16 bits per heavy atom. The first-order valence-electron chi connectivity index (χ1n) is 7.58. The van der Waals surface area contributed by atoms with Gasteiger partial charge in [-0.1, -0.05) is 20.8 Å². The number of pyridine rings is 1. The van der Waals surface area contributed by atoms with Crippen molar-refractivity contribution in [2.24, 2.45) is 11.8 Å². The fourth-order valence-electron chi connectivity index (χ4n) is 3.00. The summed E-state index contributed by atoms with van der Waals surface area (Å²) in [6.07, 6.45) is 4.38. The highest BCUT2D eigenvalue weighted by atomic mass is 15.2. The van der Waals surface area contributed by atoms with Crippen LogP contribution in [0.4, 0.5) is 11.5 Å². The molecule has 1 fully saturated rings. The SMILES string of the molecule is CCCNc1cc(N2CC(C)CC(C)C2C)ccn1. The number of nitrogens with zero attached hydrogens (tertiary/aromatic N) is 2. The van der Waals surface area contributed by atoms with Crippen LogP contribution in [0.25, 0.3) is 0 Å². The van der Waals surface area contributed by atoms with Gasteiger partial charge in [-0.15, -0.1) is 0 Å². The first-order chi connectivity index (χ1) is 9.11. The van der Waals surface area contributed by atoms with E-state index in [2.05, 4.69) is 55.0 Å². The number of piperidine rings is 1. The Morgan fingerprint density at radius 1 is 1.37 bits per heavy atom. The van der Waals surface area contributed by atoms with Gasteiger partial charge in [0, 0.05) is 37.1 Å². The van der Waals surface area contributed by atoms with Crippen molar-refractivity contribution in [3.05, 3.63) is 18.3 Å². The average Bonchev–Trinajstić information content (AvgIpc) is 2.41. The third kappa shape index (κ3) is 3.40. The standard InChI is InChI=1S/C16H27N3/c1-5-7-17-16-10-15(6-8-18-16)19-11-12(2)9-13(3)14(19)4/h6,8,10,12-14H,5,7,9,11H2,1-4H3,(H,17,18). The Morgan fingerprint density at radius 3 is 2.89 bits per heavy atom. The van der Waals surface area contributed by atoms with E-state index in [1.807, 2.05) is 6.20 Å². The van der Waals surface area contributed by atoms with Gasteiger partial charge < -0.3 is 10.2 Å². The number of hydrogen-bond acceptors (Lipinski definition) is 3. The van der Waals surface area contributed by atoms with Crippen LogP contribution < -0.4 is 10.2 Å². The first kappa shape index (κ1) is 14.2. The maximum Gasteiger partial charge on any atom is 0.127 e. The van der Waals surface area contributed by atoms with Crippen LogP contribution in [-0.4, -0.2) is 24.1 Å². The van der Waals surface area contributed by atoms with E-state index >= 15 is 0 Å². The maximum absolute atomic E-state index is 4.40. The summed E-state index contributed by atoms with van der Waals surface area (Å²) in [4.78, 5) is 6.94. The van der Waals surface area contributed by atoms with Crippen LogP contribution in [0.1, 0.15) is 40.5 Å². The molecule has 106 valence electrons. The summed E-state index contributed by atoms with van der Waals surface area (Å²) in [6, 6.07) is 4.94. The van der Waals surface area contributed by atoms with Crippen molar-refractivity contribution in [2.45, 2.75) is 46.6 Å². The highest BCUT2D eigenvalue weighted by Crippen LogP contribution is 2.31. The van der Waals surface area contributed by atoms with Gasteiger partial charge in [-0.3, -0.25) is 0 Å². The van der Waals surface area contributed by atoms with E-state index in [1.54, 1.807) is 0 Å². The minimum absolute atomic E-state index is 0.609. The van der Waals surface area contributed by atoms with Gasteiger partial charge in [-0.25, -0.2) is 4.98 Å². The molecule has 1 aromatic rings. The van der Waals surface area contributed by atoms with E-state index in [9.17, 15) is 0 Å². The van der Waals surface area contributed by atoms with Crippen LogP contribution in [-0.2, 0) is 0 Å². The number of rotatable bonds is 4. The summed E-state index contributed by atoms with van der Waals surface area (Å²) in [5.74, 6) is 2.52. The zero-order valence-corrected chi connectivity index (χ0v) is 12.7. The van der Waals surface area contributed by atoms with Crippen molar-refractivity contribution >= 4 is 11.5 Å². The Kier molecular flexibility index (Phi) is 4.67. The molecule has 3 unspecified atom stereocenters. The third-order valence-electron chi connectivity index (χ3n) is 4.23. The molecule has 0 radical (unpaired) electrons. The molecule has 19 heavy (non-hydrogen) atoms. The lowest BCUT2D eigenvalue weighted by Crippen LogP contribution is -2.45. The van der Waals surface area contributed by atoms with E-state index in [0.29, 0.717) is 6.04 Å². The summed E-state index contributed by atoms with van der Waals surface area (Å²) >= 11 is 0. The van der Waals surface area contributed by atoms with Crippen LogP contribution in [0.15, 0.2) is 18.3 Å². The molecule has 1 aliphatic heterocycles. The fraction of sp³-hybridized carbons (Fsp3) is 0.688. The van der Waals surface area contributed by atoms with Crippen LogP contribution in [0.5, 0.6) is 0 Å². The smallest absolute Gasteiger partial charge is 0.127 e. The summed E-state index contributed by atoms with van der Waals surface area (Å²) < 4.78 is 0. The van der Waals surface area contributed by atoms with E-state index in [0.717, 1.165) is 37.2 Å². The molecule has 3 nitrogen and oxygen atoms in total. The second-order valence-electron chi connectivity index (χ2n) is 6.04. The lowest BCUT2D eigenvalue weighted by atomic mass is 9.85. The molecule has 0 spiro atoms. The van der Waals surface area contributed by atoms with Crippen molar-refractivity contribution in [3.8, 4) is 0 Å². The molecule has 1 aliphatic rings. The topological polar surface area (TPSA) is 28.2 Å². The largest absolute Gasteiger partial charge is 0.370 e. The van der Waals surface area contributed by atoms with Crippen LogP contribution in [0.3, 0.4) is 0 Å². The molecule has 0 amide bonds. The minimum atomic E-state index is 0.609. The lowest BCUT2D eigenvalue weighted by molar-refractivity contribution is 0.297. The molecule has 2 rings (SSSR count). The molecular weight excluding hydrogens is 234 g/mol. The third-order valence-corrected chi connectivity index (χ3v) is 4.23. The molecule has 1 N–H and O–H groups in total. The quantitative estimate of drug-likeness (QED) is 0.894. The minimum Gasteiger partial charge on any atom is -0.370 e. The van der Waals surface area contributed by atoms with Crippen molar-refractivity contribution in [1.82, 2.24) is 4.98 Å². The van der Waals surface area contributed by atoms with Crippen molar-refractivity contribution in [3.63, 3.8) is 0 Å². The second-order valence-corrected chi connectivity index (χ2v) is 6.04. The van der Waals surface area contributed by atoms with Crippen molar-refractivity contribution in [2.75, 3.05) is 23.3 Å². The number of aromatic nitrogens is 1. The Labute approximate surface area is 117 Å². The fourth-order valence-corrected chi connectivity index (χ4v) is 3.00. The summed E-state index contributed by atoms with van der Waals surface area (Å²) in [5, 5.41) is 3.37. The second kappa shape index (κ2) is 6.27. The average molecular weight is 261 g/mol. The van der Waals surface area contributed by atoms with E-state index in [1.165, 1.54) is 12.1 Å². The van der Waals surface area contributed by atoms with Gasteiger partial charge >= 0.3 is 0 Å². The lowest BCUT2D eigenvalue weighted by Gasteiger charge is -2.42. The summed E-state index contributed by atoms with van der Waals surface area (Å²) in [5.41, 5.74) is 1.31. The number of hydrogen-bond donors (Lipinski definition) is 1. The highest BCUT2D eigenvalue weighted by molar-refractivity contribution is 5.54. The molecule has 1 aromatic heterocycles. The van der Waals surface area contributed by atoms with Gasteiger partial charge in [0.1, 0.15) is 5.82 Å². The Bertz CT molecular complexity index is 405. The van der Waals surface area contributed by atoms with Gasteiger partial charge in [0.05, 0.1) is 0 Å². The van der Waals surface area contributed by atoms with Crippen LogP contribution in [0.2, 0.25) is 0 Å². The van der Waals surface area contributed by atoms with Crippen LogP contribution >= 0.6 is 0 Å². The number of anilines is 2. The van der Waals surface area contributed by atoms with Gasteiger partial charge in [0.15, 0.2) is 0 Å². The summed E-state index contributed by atoms with van der Waals surface area (Å²) in [7, 11) is 0. The van der Waals surface area contributed by atoms with E-state index in [-0.39, 0.29) is 0 Å². The molecule has 0 bridgehead atoms. The Balaban J connectivity index is 2.15. The molecule has 3 heteroatoms. The van der Waals surface area contributed by atoms with E-state index in [4.69, 9.17) is 0 Å². The molecule has 0 aliphatic carbocycles. The van der Waals surface area contributed by atoms with Crippen molar-refractivity contribution in [1.29, 1.82) is 0 Å². The highest BCUT2D eigenvalue weighted by Gasteiger charge is 2.28. The normalized spacial score (nSPS) is 27.4. The van der Waals surface area contributed by atoms with Gasteiger partial charge in [-0.2, -0.15) is 0 Å². The molecule has 3 atom stereocenters. The van der Waals surface area contributed by atoms with Gasteiger partial charge in [0.25, 0.3) is 0 Å². The van der Waals surface area contributed by atoms with Gasteiger partial charge in [-0.05, 0) is 37.7 Å². The van der Waals surface area contributed by atoms with Crippen LogP contribution in [0, 0.1) is 11.8 Å².